The van der Waals surface area contributed by atoms with Gasteiger partial charge in [0.25, 0.3) is 0 Å². The van der Waals surface area contributed by atoms with Gasteiger partial charge in [0.15, 0.2) is 5.78 Å². The van der Waals surface area contributed by atoms with E-state index in [1.54, 1.807) is 32.1 Å². The van der Waals surface area contributed by atoms with Crippen LogP contribution in [0, 0.1) is 23.7 Å². The molecule has 0 fully saturated rings. The fourth-order valence-electron chi connectivity index (χ4n) is 1.93. The molecule has 0 heterocycles. The van der Waals surface area contributed by atoms with E-state index < -0.39 is 0 Å². The van der Waals surface area contributed by atoms with Crippen LogP contribution < -0.4 is 0 Å². The van der Waals surface area contributed by atoms with Crippen LogP contribution in [0.15, 0.2) is 42.0 Å². The first-order valence-corrected chi connectivity index (χ1v) is 10.1. The number of allylic oxidation sites excluding steroid dienone is 3. The molecule has 1 rings (SSSR count). The molecule has 0 saturated heterocycles. The lowest BCUT2D eigenvalue weighted by Gasteiger charge is -2.22. The molecule has 0 N–H and O–H groups in total. The van der Waals surface area contributed by atoms with Crippen LogP contribution in [-0.2, 0) is 9.59 Å². The Kier molecular flexibility index (Phi) is 18.2. The minimum Gasteiger partial charge on any atom is -0.299 e. The van der Waals surface area contributed by atoms with E-state index in [9.17, 15) is 9.59 Å². The number of hydrogen-bond donors (Lipinski definition) is 0. The fourth-order valence-corrected chi connectivity index (χ4v) is 2.21. The Bertz CT molecular complexity index is 738. The highest BCUT2D eigenvalue weighted by molar-refractivity contribution is 6.31. The quantitative estimate of drug-likeness (QED) is 0.371. The number of nitriles is 1. The number of aryl methyl sites for hydroxylation is 1. The van der Waals surface area contributed by atoms with Crippen molar-refractivity contribution in [2.24, 2.45) is 5.41 Å². The van der Waals surface area contributed by atoms with Gasteiger partial charge in [0.1, 0.15) is 11.9 Å². The Morgan fingerprint density at radius 1 is 1.17 bits per heavy atom. The molecule has 0 amide bonds. The minimum absolute atomic E-state index is 0.0850. The molecule has 1 aromatic rings. The number of carbonyl (C=O) groups excluding carboxylic acids is 2. The first-order chi connectivity index (χ1) is 13.3. The molecule has 1 aromatic carbocycles. The second kappa shape index (κ2) is 16.7. The third-order valence-electron chi connectivity index (χ3n) is 4.07. The largest absolute Gasteiger partial charge is 0.299 e. The van der Waals surface area contributed by atoms with Crippen molar-refractivity contribution in [1.82, 2.24) is 0 Å². The summed E-state index contributed by atoms with van der Waals surface area (Å²) in [5.74, 6) is 0.245. The fraction of sp³-hybridized carbons (Fsp3) is 0.480. The van der Waals surface area contributed by atoms with Crippen LogP contribution >= 0.6 is 11.6 Å². The maximum atomic E-state index is 11.3. The number of halogens is 1. The SMILES string of the molecule is C=CC.CC.CC(=O)/C(C)=C(/C)CC(C)(C)C(C)=O.Cc1ccc(C#N)c(Cl)c1. The van der Waals surface area contributed by atoms with E-state index >= 15 is 0 Å². The molecule has 0 spiro atoms. The molecule has 0 saturated carbocycles. The summed E-state index contributed by atoms with van der Waals surface area (Å²) in [7, 11) is 0. The molecule has 0 aliphatic heterocycles. The van der Waals surface area contributed by atoms with Gasteiger partial charge in [-0.2, -0.15) is 5.26 Å². The Hall–Kier alpha value is -2.18. The molecule has 3 nitrogen and oxygen atoms in total. The van der Waals surface area contributed by atoms with Crippen molar-refractivity contribution in [2.45, 2.75) is 75.7 Å². The van der Waals surface area contributed by atoms with Crippen LogP contribution in [0.2, 0.25) is 5.02 Å². The first kappa shape index (κ1) is 31.5. The summed E-state index contributed by atoms with van der Waals surface area (Å²) in [6.45, 7) is 21.9. The summed E-state index contributed by atoms with van der Waals surface area (Å²) in [5, 5.41) is 9.00. The Labute approximate surface area is 183 Å². The topological polar surface area (TPSA) is 57.9 Å². The number of benzene rings is 1. The van der Waals surface area contributed by atoms with Gasteiger partial charge in [-0.05, 0) is 71.2 Å². The number of hydrogen-bond acceptors (Lipinski definition) is 3. The highest BCUT2D eigenvalue weighted by atomic mass is 35.5. The molecule has 0 bridgehead atoms. The molecule has 0 radical (unpaired) electrons. The lowest BCUT2D eigenvalue weighted by molar-refractivity contribution is -0.124. The zero-order valence-electron chi connectivity index (χ0n) is 19.9. The molecule has 0 aliphatic carbocycles. The van der Waals surface area contributed by atoms with Crippen molar-refractivity contribution >= 4 is 23.2 Å². The predicted octanol–water partition coefficient (Wildman–Crippen LogP) is 7.66. The average molecular weight is 420 g/mol. The lowest BCUT2D eigenvalue weighted by Crippen LogP contribution is -2.22. The number of carbonyl (C=O) groups is 2. The van der Waals surface area contributed by atoms with Gasteiger partial charge in [0.2, 0.25) is 0 Å². The monoisotopic (exact) mass is 419 g/mol. The molecular weight excluding hydrogens is 382 g/mol. The molecule has 29 heavy (non-hydrogen) atoms. The van der Waals surface area contributed by atoms with Crippen molar-refractivity contribution in [3.63, 3.8) is 0 Å². The van der Waals surface area contributed by atoms with Crippen LogP contribution in [0.25, 0.3) is 0 Å². The minimum atomic E-state index is -0.360. The third-order valence-corrected chi connectivity index (χ3v) is 4.39. The second-order valence-corrected chi connectivity index (χ2v) is 7.49. The van der Waals surface area contributed by atoms with Gasteiger partial charge in [-0.15, -0.1) is 6.58 Å². The molecular formula is C25H38ClNO2. The van der Waals surface area contributed by atoms with Crippen molar-refractivity contribution in [3.8, 4) is 6.07 Å². The van der Waals surface area contributed by atoms with Crippen LogP contribution in [0.3, 0.4) is 0 Å². The first-order valence-electron chi connectivity index (χ1n) is 9.75. The van der Waals surface area contributed by atoms with Gasteiger partial charge in [-0.3, -0.25) is 9.59 Å². The summed E-state index contributed by atoms with van der Waals surface area (Å²) in [5.41, 5.74) is 3.04. The maximum Gasteiger partial charge on any atom is 0.155 e. The molecule has 162 valence electrons. The zero-order valence-corrected chi connectivity index (χ0v) is 20.6. The van der Waals surface area contributed by atoms with Gasteiger partial charge >= 0.3 is 0 Å². The molecule has 0 aliphatic rings. The van der Waals surface area contributed by atoms with Crippen molar-refractivity contribution in [1.29, 1.82) is 5.26 Å². The zero-order chi connectivity index (χ0) is 23.8. The van der Waals surface area contributed by atoms with Crippen LogP contribution in [0.1, 0.15) is 79.9 Å². The van der Waals surface area contributed by atoms with E-state index in [-0.39, 0.29) is 17.0 Å². The number of nitrogens with zero attached hydrogens (tertiary/aromatic N) is 1. The highest BCUT2D eigenvalue weighted by Gasteiger charge is 2.24. The second-order valence-electron chi connectivity index (χ2n) is 7.08. The van der Waals surface area contributed by atoms with Gasteiger partial charge in [-0.1, -0.05) is 57.0 Å². The number of rotatable bonds is 4. The van der Waals surface area contributed by atoms with Crippen LogP contribution in [-0.4, -0.2) is 11.6 Å². The summed E-state index contributed by atoms with van der Waals surface area (Å²) in [6, 6.07) is 7.35. The summed E-state index contributed by atoms with van der Waals surface area (Å²) < 4.78 is 0. The van der Waals surface area contributed by atoms with Crippen molar-refractivity contribution < 1.29 is 9.59 Å². The van der Waals surface area contributed by atoms with Gasteiger partial charge in [-0.25, -0.2) is 0 Å². The summed E-state index contributed by atoms with van der Waals surface area (Å²) in [4.78, 5) is 22.4. The van der Waals surface area contributed by atoms with E-state index in [1.807, 2.05) is 67.5 Å². The van der Waals surface area contributed by atoms with E-state index in [0.717, 1.165) is 16.7 Å². The average Bonchev–Trinajstić information content (AvgIpc) is 2.63. The van der Waals surface area contributed by atoms with E-state index in [0.29, 0.717) is 17.0 Å². The summed E-state index contributed by atoms with van der Waals surface area (Å²) >= 11 is 5.71. The van der Waals surface area contributed by atoms with E-state index in [2.05, 4.69) is 6.58 Å². The van der Waals surface area contributed by atoms with Gasteiger partial charge in [0, 0.05) is 5.41 Å². The smallest absolute Gasteiger partial charge is 0.155 e. The van der Waals surface area contributed by atoms with Gasteiger partial charge < -0.3 is 0 Å². The third kappa shape index (κ3) is 14.5. The Morgan fingerprint density at radius 2 is 1.62 bits per heavy atom. The molecule has 0 aromatic heterocycles. The lowest BCUT2D eigenvalue weighted by atomic mass is 9.81. The number of Topliss-reactive ketones (excluding diaryl/α,β-unsaturated/α-hetero) is 2. The van der Waals surface area contributed by atoms with E-state index in [4.69, 9.17) is 16.9 Å². The molecule has 4 heteroatoms. The molecule has 0 unspecified atom stereocenters. The van der Waals surface area contributed by atoms with E-state index in [1.165, 1.54) is 0 Å². The van der Waals surface area contributed by atoms with Crippen molar-refractivity contribution in [2.75, 3.05) is 0 Å². The van der Waals surface area contributed by atoms with Gasteiger partial charge in [0.05, 0.1) is 10.6 Å². The normalized spacial score (nSPS) is 10.3. The summed E-state index contributed by atoms with van der Waals surface area (Å²) in [6.07, 6.45) is 2.41. The highest BCUT2D eigenvalue weighted by Crippen LogP contribution is 2.27. The predicted molar refractivity (Wildman–Crippen MR) is 126 cm³/mol. The van der Waals surface area contributed by atoms with Crippen molar-refractivity contribution in [3.05, 3.63) is 58.1 Å². The Balaban J connectivity index is -0.000000392. The maximum absolute atomic E-state index is 11.3. The van der Waals surface area contributed by atoms with Crippen LogP contribution in [0.5, 0.6) is 0 Å². The Morgan fingerprint density at radius 3 is 1.93 bits per heavy atom. The standard InChI is InChI=1S/C12H20O2.C8H6ClN.C3H6.C2H6/c1-8(9(2)10(3)13)7-12(5,6)11(4)14;1-6-2-3-7(5-10)8(9)4-6;1-3-2;1-2/h7H2,1-6H3;2-4H,1H3;3H,1H2,2H3;1-2H3/b9-8-;;;. The molecule has 0 atom stereocenters. The number of ketones is 2. The van der Waals surface area contributed by atoms with Crippen LogP contribution in [0.4, 0.5) is 0 Å².